The summed E-state index contributed by atoms with van der Waals surface area (Å²) in [5.41, 5.74) is 1.16. The molecular formula is C17H32N4OS. The fraction of sp³-hybridized carbons (Fsp3) is 0.765. The van der Waals surface area contributed by atoms with Crippen LogP contribution < -0.4 is 10.6 Å². The Kier molecular flexibility index (Phi) is 10.6. The van der Waals surface area contributed by atoms with E-state index in [-0.39, 0.29) is 0 Å². The van der Waals surface area contributed by atoms with E-state index >= 15 is 0 Å². The smallest absolute Gasteiger partial charge is 0.191 e. The summed E-state index contributed by atoms with van der Waals surface area (Å²) in [6.45, 7) is 12.5. The van der Waals surface area contributed by atoms with E-state index in [4.69, 9.17) is 4.74 Å². The van der Waals surface area contributed by atoms with E-state index in [9.17, 15) is 0 Å². The molecule has 0 unspecified atom stereocenters. The predicted molar refractivity (Wildman–Crippen MR) is 99.5 cm³/mol. The SMILES string of the molecule is CCNC(=NCCOCCC(C)C)NCCc1csc(CC)n1. The lowest BCUT2D eigenvalue weighted by atomic mass is 10.1. The highest BCUT2D eigenvalue weighted by atomic mass is 32.1. The summed E-state index contributed by atoms with van der Waals surface area (Å²) in [5.74, 6) is 1.54. The van der Waals surface area contributed by atoms with Crippen molar-refractivity contribution >= 4 is 17.3 Å². The fourth-order valence-electron chi connectivity index (χ4n) is 1.92. The largest absolute Gasteiger partial charge is 0.380 e. The molecule has 0 spiro atoms. The van der Waals surface area contributed by atoms with Crippen LogP contribution in [0.1, 0.15) is 44.8 Å². The summed E-state index contributed by atoms with van der Waals surface area (Å²) in [6, 6.07) is 0. The van der Waals surface area contributed by atoms with E-state index in [2.05, 4.69) is 53.7 Å². The molecule has 6 heteroatoms. The van der Waals surface area contributed by atoms with Crippen LogP contribution >= 0.6 is 11.3 Å². The molecule has 2 N–H and O–H groups in total. The van der Waals surface area contributed by atoms with Crippen molar-refractivity contribution in [2.24, 2.45) is 10.9 Å². The van der Waals surface area contributed by atoms with Crippen LogP contribution in [0.25, 0.3) is 0 Å². The Bertz CT molecular complexity index is 446. The molecule has 0 saturated carbocycles. The second-order valence-electron chi connectivity index (χ2n) is 5.82. The van der Waals surface area contributed by atoms with Crippen molar-refractivity contribution in [2.75, 3.05) is 32.8 Å². The van der Waals surface area contributed by atoms with Crippen LogP contribution in [0.15, 0.2) is 10.4 Å². The number of hydrogen-bond acceptors (Lipinski definition) is 4. The van der Waals surface area contributed by atoms with Crippen LogP contribution in [0.2, 0.25) is 0 Å². The van der Waals surface area contributed by atoms with E-state index in [0.717, 1.165) is 50.6 Å². The zero-order chi connectivity index (χ0) is 16.9. The Morgan fingerprint density at radius 1 is 1.30 bits per heavy atom. The molecule has 132 valence electrons. The van der Waals surface area contributed by atoms with Crippen molar-refractivity contribution in [1.29, 1.82) is 0 Å². The van der Waals surface area contributed by atoms with Gasteiger partial charge in [-0.05, 0) is 25.7 Å². The second kappa shape index (κ2) is 12.3. The molecule has 0 amide bonds. The maximum absolute atomic E-state index is 5.59. The van der Waals surface area contributed by atoms with Crippen molar-refractivity contribution in [3.05, 3.63) is 16.1 Å². The molecule has 0 bridgehead atoms. The fourth-order valence-corrected chi connectivity index (χ4v) is 2.70. The molecule has 0 aliphatic rings. The average molecular weight is 341 g/mol. The van der Waals surface area contributed by atoms with Gasteiger partial charge in [0.1, 0.15) is 0 Å². The van der Waals surface area contributed by atoms with Crippen molar-refractivity contribution in [2.45, 2.75) is 47.0 Å². The summed E-state index contributed by atoms with van der Waals surface area (Å²) in [5, 5.41) is 9.97. The van der Waals surface area contributed by atoms with Gasteiger partial charge in [0, 0.05) is 31.5 Å². The highest BCUT2D eigenvalue weighted by Crippen LogP contribution is 2.10. The highest BCUT2D eigenvalue weighted by Gasteiger charge is 2.01. The first kappa shape index (κ1) is 19.9. The van der Waals surface area contributed by atoms with Gasteiger partial charge in [0.25, 0.3) is 0 Å². The summed E-state index contributed by atoms with van der Waals surface area (Å²) < 4.78 is 5.59. The second-order valence-corrected chi connectivity index (χ2v) is 6.76. The maximum atomic E-state index is 5.59. The van der Waals surface area contributed by atoms with Gasteiger partial charge in [0.15, 0.2) is 5.96 Å². The third kappa shape index (κ3) is 9.56. The van der Waals surface area contributed by atoms with Gasteiger partial charge in [0.2, 0.25) is 0 Å². The number of aryl methyl sites for hydroxylation is 1. The lowest BCUT2D eigenvalue weighted by Gasteiger charge is -2.11. The molecule has 0 saturated heterocycles. The summed E-state index contributed by atoms with van der Waals surface area (Å²) >= 11 is 1.74. The minimum absolute atomic E-state index is 0.676. The molecule has 5 nitrogen and oxygen atoms in total. The van der Waals surface area contributed by atoms with E-state index in [1.807, 2.05) is 0 Å². The molecule has 1 rings (SSSR count). The minimum Gasteiger partial charge on any atom is -0.380 e. The Balaban J connectivity index is 2.23. The number of nitrogens with one attached hydrogen (secondary N) is 2. The molecule has 0 aliphatic carbocycles. The van der Waals surface area contributed by atoms with Crippen molar-refractivity contribution < 1.29 is 4.74 Å². The van der Waals surface area contributed by atoms with Crippen LogP contribution in [-0.4, -0.2) is 43.8 Å². The molecule has 0 aromatic carbocycles. The highest BCUT2D eigenvalue weighted by molar-refractivity contribution is 7.09. The molecule has 1 aromatic rings. The van der Waals surface area contributed by atoms with Crippen LogP contribution in [-0.2, 0) is 17.6 Å². The predicted octanol–water partition coefficient (Wildman–Crippen LogP) is 2.87. The lowest BCUT2D eigenvalue weighted by molar-refractivity contribution is 0.130. The molecule has 23 heavy (non-hydrogen) atoms. The third-order valence-electron chi connectivity index (χ3n) is 3.26. The van der Waals surface area contributed by atoms with Gasteiger partial charge in [-0.1, -0.05) is 20.8 Å². The van der Waals surface area contributed by atoms with E-state index in [0.29, 0.717) is 19.1 Å². The topological polar surface area (TPSA) is 58.5 Å². The van der Waals surface area contributed by atoms with Gasteiger partial charge in [-0.25, -0.2) is 4.98 Å². The van der Waals surface area contributed by atoms with Crippen LogP contribution in [0.5, 0.6) is 0 Å². The summed E-state index contributed by atoms with van der Waals surface area (Å²) in [7, 11) is 0. The molecular weight excluding hydrogens is 308 g/mol. The van der Waals surface area contributed by atoms with E-state index in [1.165, 1.54) is 5.01 Å². The first-order chi connectivity index (χ1) is 11.2. The number of aliphatic imine (C=N–C) groups is 1. The molecule has 0 atom stereocenters. The zero-order valence-corrected chi connectivity index (χ0v) is 15.8. The monoisotopic (exact) mass is 340 g/mol. The van der Waals surface area contributed by atoms with Crippen LogP contribution in [0.3, 0.4) is 0 Å². The van der Waals surface area contributed by atoms with Crippen molar-refractivity contribution in [3.63, 3.8) is 0 Å². The van der Waals surface area contributed by atoms with Crippen molar-refractivity contribution in [3.8, 4) is 0 Å². The Hall–Kier alpha value is -1.14. The molecule has 1 aromatic heterocycles. The van der Waals surface area contributed by atoms with Gasteiger partial charge in [-0.15, -0.1) is 11.3 Å². The van der Waals surface area contributed by atoms with Gasteiger partial charge in [-0.3, -0.25) is 4.99 Å². The number of nitrogens with zero attached hydrogens (tertiary/aromatic N) is 2. The first-order valence-electron chi connectivity index (χ1n) is 8.68. The normalized spacial score (nSPS) is 12.0. The summed E-state index contributed by atoms with van der Waals surface area (Å²) in [6.07, 6.45) is 3.04. The first-order valence-corrected chi connectivity index (χ1v) is 9.56. The zero-order valence-electron chi connectivity index (χ0n) is 15.0. The Labute approximate surface area is 145 Å². The number of rotatable bonds is 11. The summed E-state index contributed by atoms with van der Waals surface area (Å²) in [4.78, 5) is 9.11. The third-order valence-corrected chi connectivity index (χ3v) is 4.31. The minimum atomic E-state index is 0.676. The Morgan fingerprint density at radius 3 is 2.78 bits per heavy atom. The molecule has 0 aliphatic heterocycles. The lowest BCUT2D eigenvalue weighted by Crippen LogP contribution is -2.38. The van der Waals surface area contributed by atoms with Gasteiger partial charge < -0.3 is 15.4 Å². The number of ether oxygens (including phenoxy) is 1. The number of hydrogen-bond donors (Lipinski definition) is 2. The Morgan fingerprint density at radius 2 is 2.13 bits per heavy atom. The molecule has 1 heterocycles. The van der Waals surface area contributed by atoms with Crippen molar-refractivity contribution in [1.82, 2.24) is 15.6 Å². The van der Waals surface area contributed by atoms with E-state index in [1.54, 1.807) is 11.3 Å². The van der Waals surface area contributed by atoms with Crippen LogP contribution in [0, 0.1) is 5.92 Å². The molecule has 0 radical (unpaired) electrons. The van der Waals surface area contributed by atoms with Gasteiger partial charge >= 0.3 is 0 Å². The number of aromatic nitrogens is 1. The average Bonchev–Trinajstić information content (AvgIpc) is 2.98. The quantitative estimate of drug-likeness (QED) is 0.369. The van der Waals surface area contributed by atoms with Gasteiger partial charge in [-0.2, -0.15) is 0 Å². The maximum Gasteiger partial charge on any atom is 0.191 e. The van der Waals surface area contributed by atoms with Gasteiger partial charge in [0.05, 0.1) is 23.9 Å². The standard InChI is InChI=1S/C17H32N4OS/c1-5-16-21-15(13-23-16)7-9-19-17(18-6-2)20-10-12-22-11-8-14(3)4/h13-14H,5-12H2,1-4H3,(H2,18,19,20). The van der Waals surface area contributed by atoms with E-state index < -0.39 is 0 Å². The van der Waals surface area contributed by atoms with Crippen LogP contribution in [0.4, 0.5) is 0 Å². The number of guanidine groups is 1. The number of thiazole rings is 1. The molecule has 0 fully saturated rings.